The molecule has 1 aliphatic heterocycles. The lowest BCUT2D eigenvalue weighted by Gasteiger charge is -2.19. The molecule has 0 unspecified atom stereocenters. The molecule has 0 saturated carbocycles. The summed E-state index contributed by atoms with van der Waals surface area (Å²) in [5, 5.41) is 9.43. The zero-order valence-corrected chi connectivity index (χ0v) is 7.41. The van der Waals surface area contributed by atoms with Gasteiger partial charge in [-0.1, -0.05) is 0 Å². The first kappa shape index (κ1) is 9.53. The van der Waals surface area contributed by atoms with Crippen molar-refractivity contribution in [2.24, 2.45) is 0 Å². The summed E-state index contributed by atoms with van der Waals surface area (Å²) in [6.45, 7) is 4.04. The predicted molar refractivity (Wildman–Crippen MR) is 44.4 cm³/mol. The molecule has 12 heavy (non-hydrogen) atoms. The van der Waals surface area contributed by atoms with Crippen molar-refractivity contribution in [1.82, 2.24) is 0 Å². The number of terminal acetylenes is 1. The lowest BCUT2D eigenvalue weighted by molar-refractivity contribution is -0.150. The van der Waals surface area contributed by atoms with Gasteiger partial charge < -0.3 is 14.6 Å². The number of ether oxygens (including phenoxy) is 2. The summed E-state index contributed by atoms with van der Waals surface area (Å²) in [6, 6.07) is 0. The van der Waals surface area contributed by atoms with Crippen LogP contribution >= 0.6 is 0 Å². The van der Waals surface area contributed by atoms with Gasteiger partial charge in [-0.15, -0.1) is 12.3 Å². The fourth-order valence-corrected chi connectivity index (χ4v) is 1.16. The van der Waals surface area contributed by atoms with E-state index in [1.165, 1.54) is 0 Å². The number of aliphatic hydroxyl groups is 1. The van der Waals surface area contributed by atoms with Crippen molar-refractivity contribution in [3.05, 3.63) is 0 Å². The Kier molecular flexibility index (Phi) is 2.73. The SMILES string of the molecule is C#CC[C@H](O)[C@H]1COC(C)(C)O1. The lowest BCUT2D eigenvalue weighted by Crippen LogP contribution is -2.30. The molecule has 68 valence electrons. The van der Waals surface area contributed by atoms with Crippen LogP contribution in [0.3, 0.4) is 0 Å². The maximum absolute atomic E-state index is 9.43. The van der Waals surface area contributed by atoms with Gasteiger partial charge in [0.05, 0.1) is 12.7 Å². The third-order valence-corrected chi connectivity index (χ3v) is 1.79. The van der Waals surface area contributed by atoms with Crippen molar-refractivity contribution in [1.29, 1.82) is 0 Å². The van der Waals surface area contributed by atoms with Crippen LogP contribution in [0.1, 0.15) is 20.3 Å². The molecule has 0 bridgehead atoms. The van der Waals surface area contributed by atoms with Crippen LogP contribution < -0.4 is 0 Å². The van der Waals surface area contributed by atoms with Crippen molar-refractivity contribution in [2.45, 2.75) is 38.3 Å². The molecule has 1 aliphatic rings. The van der Waals surface area contributed by atoms with E-state index in [-0.39, 0.29) is 6.10 Å². The normalized spacial score (nSPS) is 29.7. The molecule has 0 radical (unpaired) electrons. The standard InChI is InChI=1S/C9H14O3/c1-4-5-7(10)8-6-11-9(2,3)12-8/h1,7-8,10H,5-6H2,2-3H3/t7-,8+/m0/s1. The average Bonchev–Trinajstić information content (AvgIpc) is 2.31. The van der Waals surface area contributed by atoms with Crippen LogP contribution in [-0.4, -0.2) is 29.7 Å². The van der Waals surface area contributed by atoms with E-state index >= 15 is 0 Å². The highest BCUT2D eigenvalue weighted by molar-refractivity contribution is 4.91. The Bertz CT molecular complexity index is 192. The Morgan fingerprint density at radius 1 is 1.75 bits per heavy atom. The molecule has 2 atom stereocenters. The molecule has 0 aromatic heterocycles. The minimum atomic E-state index is -0.614. The Balaban J connectivity index is 2.42. The van der Waals surface area contributed by atoms with E-state index in [1.807, 2.05) is 13.8 Å². The van der Waals surface area contributed by atoms with Crippen LogP contribution in [0.4, 0.5) is 0 Å². The molecule has 0 amide bonds. The summed E-state index contributed by atoms with van der Waals surface area (Å²) in [5.41, 5.74) is 0. The Morgan fingerprint density at radius 2 is 2.42 bits per heavy atom. The highest BCUT2D eigenvalue weighted by Gasteiger charge is 2.36. The number of hydrogen-bond acceptors (Lipinski definition) is 3. The van der Waals surface area contributed by atoms with Crippen LogP contribution in [-0.2, 0) is 9.47 Å². The van der Waals surface area contributed by atoms with Crippen molar-refractivity contribution in [3.63, 3.8) is 0 Å². The topological polar surface area (TPSA) is 38.7 Å². The largest absolute Gasteiger partial charge is 0.389 e. The van der Waals surface area contributed by atoms with E-state index in [2.05, 4.69) is 5.92 Å². The first-order chi connectivity index (χ1) is 5.55. The third kappa shape index (κ3) is 2.21. The predicted octanol–water partition coefficient (Wildman–Crippen LogP) is 0.522. The van der Waals surface area contributed by atoms with Crippen LogP contribution in [0.5, 0.6) is 0 Å². The Hall–Kier alpha value is -0.560. The minimum absolute atomic E-state index is 0.281. The molecule has 1 rings (SSSR count). The molecule has 0 aliphatic carbocycles. The van der Waals surface area contributed by atoms with Gasteiger partial charge in [0, 0.05) is 6.42 Å². The van der Waals surface area contributed by atoms with E-state index in [4.69, 9.17) is 15.9 Å². The first-order valence-electron chi connectivity index (χ1n) is 3.98. The molecule has 3 nitrogen and oxygen atoms in total. The molecule has 0 spiro atoms. The number of rotatable bonds is 2. The van der Waals surface area contributed by atoms with Crippen LogP contribution in [0, 0.1) is 12.3 Å². The second-order valence-corrected chi connectivity index (χ2v) is 3.34. The second kappa shape index (κ2) is 3.44. The molecule has 0 aromatic carbocycles. The van der Waals surface area contributed by atoms with E-state index in [0.29, 0.717) is 13.0 Å². The van der Waals surface area contributed by atoms with Gasteiger partial charge in [0.2, 0.25) is 0 Å². The number of aliphatic hydroxyl groups excluding tert-OH is 1. The van der Waals surface area contributed by atoms with Gasteiger partial charge in [0.25, 0.3) is 0 Å². The van der Waals surface area contributed by atoms with Gasteiger partial charge in [-0.25, -0.2) is 0 Å². The first-order valence-corrected chi connectivity index (χ1v) is 3.98. The van der Waals surface area contributed by atoms with Gasteiger partial charge in [0.15, 0.2) is 5.79 Å². The summed E-state index contributed by atoms with van der Waals surface area (Å²) in [5.74, 6) is 1.80. The monoisotopic (exact) mass is 170 g/mol. The summed E-state index contributed by atoms with van der Waals surface area (Å²) < 4.78 is 10.7. The third-order valence-electron chi connectivity index (χ3n) is 1.79. The Labute approximate surface area is 72.7 Å². The second-order valence-electron chi connectivity index (χ2n) is 3.34. The molecule has 0 aromatic rings. The van der Waals surface area contributed by atoms with E-state index in [9.17, 15) is 5.11 Å². The smallest absolute Gasteiger partial charge is 0.163 e. The maximum atomic E-state index is 9.43. The van der Waals surface area contributed by atoms with E-state index in [1.54, 1.807) is 0 Å². The molecule has 1 saturated heterocycles. The van der Waals surface area contributed by atoms with E-state index in [0.717, 1.165) is 0 Å². The zero-order valence-electron chi connectivity index (χ0n) is 7.41. The van der Waals surface area contributed by atoms with Crippen molar-refractivity contribution < 1.29 is 14.6 Å². The van der Waals surface area contributed by atoms with Crippen LogP contribution in [0.15, 0.2) is 0 Å². The highest BCUT2D eigenvalue weighted by atomic mass is 16.7. The highest BCUT2D eigenvalue weighted by Crippen LogP contribution is 2.24. The summed E-state index contributed by atoms with van der Waals surface area (Å²) in [7, 11) is 0. The molecule has 3 heteroatoms. The molecular formula is C9H14O3. The van der Waals surface area contributed by atoms with Crippen LogP contribution in [0.2, 0.25) is 0 Å². The van der Waals surface area contributed by atoms with Gasteiger partial charge >= 0.3 is 0 Å². The average molecular weight is 170 g/mol. The van der Waals surface area contributed by atoms with Crippen LogP contribution in [0.25, 0.3) is 0 Å². The lowest BCUT2D eigenvalue weighted by atomic mass is 10.1. The number of hydrogen-bond donors (Lipinski definition) is 1. The quantitative estimate of drug-likeness (QED) is 0.614. The maximum Gasteiger partial charge on any atom is 0.163 e. The minimum Gasteiger partial charge on any atom is -0.389 e. The fourth-order valence-electron chi connectivity index (χ4n) is 1.16. The molecule has 1 heterocycles. The molecule has 1 N–H and O–H groups in total. The molecule has 1 fully saturated rings. The van der Waals surface area contributed by atoms with Gasteiger partial charge in [-0.2, -0.15) is 0 Å². The summed E-state index contributed by atoms with van der Waals surface area (Å²) >= 11 is 0. The van der Waals surface area contributed by atoms with Crippen molar-refractivity contribution in [2.75, 3.05) is 6.61 Å². The van der Waals surface area contributed by atoms with Gasteiger partial charge in [-0.3, -0.25) is 0 Å². The van der Waals surface area contributed by atoms with Gasteiger partial charge in [0.1, 0.15) is 6.10 Å². The van der Waals surface area contributed by atoms with Gasteiger partial charge in [-0.05, 0) is 13.8 Å². The zero-order chi connectivity index (χ0) is 9.19. The van der Waals surface area contributed by atoms with Crippen molar-refractivity contribution >= 4 is 0 Å². The van der Waals surface area contributed by atoms with E-state index < -0.39 is 11.9 Å². The fraction of sp³-hybridized carbons (Fsp3) is 0.778. The Morgan fingerprint density at radius 3 is 2.83 bits per heavy atom. The molecular weight excluding hydrogens is 156 g/mol. The summed E-state index contributed by atoms with van der Waals surface area (Å²) in [6.07, 6.45) is 4.47. The van der Waals surface area contributed by atoms with Crippen molar-refractivity contribution in [3.8, 4) is 12.3 Å². The summed E-state index contributed by atoms with van der Waals surface area (Å²) in [4.78, 5) is 0.